The molecule has 2 rings (SSSR count). The zero-order chi connectivity index (χ0) is 12.1. The maximum Gasteiger partial charge on any atom is 0.223 e. The summed E-state index contributed by atoms with van der Waals surface area (Å²) in [5, 5.41) is 3.26. The average Bonchev–Trinajstić information content (AvgIpc) is 2.75. The third-order valence-corrected chi connectivity index (χ3v) is 2.81. The van der Waals surface area contributed by atoms with E-state index in [-0.39, 0.29) is 5.91 Å². The van der Waals surface area contributed by atoms with E-state index in [9.17, 15) is 4.79 Å². The van der Waals surface area contributed by atoms with Crippen molar-refractivity contribution in [1.82, 2.24) is 9.97 Å². The largest absolute Gasteiger partial charge is 0.302 e. The van der Waals surface area contributed by atoms with E-state index in [2.05, 4.69) is 15.3 Å². The lowest BCUT2D eigenvalue weighted by atomic mass is 10.2. The standard InChI is InChI=1S/C12H11N3OS/c1-9(16)15-12-14-8-11(17-12)5-4-10-3-2-6-13-7-10/h2-8H,1H3,(H,14,15,16). The number of aromatic nitrogens is 2. The summed E-state index contributed by atoms with van der Waals surface area (Å²) in [6.45, 7) is 1.46. The SMILES string of the molecule is CC(=O)Nc1ncc(C=Cc2cccnc2)s1. The van der Waals surface area contributed by atoms with Crippen LogP contribution in [-0.4, -0.2) is 15.9 Å². The second kappa shape index (κ2) is 5.36. The third-order valence-electron chi connectivity index (χ3n) is 1.93. The molecule has 5 heteroatoms. The summed E-state index contributed by atoms with van der Waals surface area (Å²) in [6.07, 6.45) is 9.14. The minimum absolute atomic E-state index is 0.109. The second-order valence-corrected chi connectivity index (χ2v) is 4.43. The van der Waals surface area contributed by atoms with Gasteiger partial charge in [-0.3, -0.25) is 9.78 Å². The van der Waals surface area contributed by atoms with Crippen molar-refractivity contribution < 1.29 is 4.79 Å². The van der Waals surface area contributed by atoms with Gasteiger partial charge in [0.25, 0.3) is 0 Å². The molecule has 0 spiro atoms. The van der Waals surface area contributed by atoms with Gasteiger partial charge in [-0.15, -0.1) is 0 Å². The van der Waals surface area contributed by atoms with Gasteiger partial charge in [0.2, 0.25) is 5.91 Å². The van der Waals surface area contributed by atoms with Crippen LogP contribution in [0.4, 0.5) is 5.13 Å². The highest BCUT2D eigenvalue weighted by Gasteiger charge is 2.00. The highest BCUT2D eigenvalue weighted by atomic mass is 32.1. The van der Waals surface area contributed by atoms with Crippen LogP contribution in [-0.2, 0) is 4.79 Å². The van der Waals surface area contributed by atoms with Gasteiger partial charge in [-0.2, -0.15) is 0 Å². The van der Waals surface area contributed by atoms with Gasteiger partial charge < -0.3 is 5.32 Å². The van der Waals surface area contributed by atoms with Crippen molar-refractivity contribution in [1.29, 1.82) is 0 Å². The van der Waals surface area contributed by atoms with E-state index in [1.54, 1.807) is 18.6 Å². The van der Waals surface area contributed by atoms with Crippen molar-refractivity contribution >= 4 is 34.5 Å². The molecule has 2 aromatic rings. The molecule has 86 valence electrons. The maximum absolute atomic E-state index is 10.8. The first-order valence-corrected chi connectivity index (χ1v) is 5.87. The summed E-state index contributed by atoms with van der Waals surface area (Å²) in [5.74, 6) is -0.109. The molecule has 0 unspecified atom stereocenters. The quantitative estimate of drug-likeness (QED) is 0.904. The number of anilines is 1. The Bertz CT molecular complexity index is 534. The molecule has 0 atom stereocenters. The number of nitrogens with one attached hydrogen (secondary N) is 1. The third kappa shape index (κ3) is 3.49. The Balaban J connectivity index is 2.06. The van der Waals surface area contributed by atoms with Gasteiger partial charge in [0.05, 0.1) is 0 Å². The van der Waals surface area contributed by atoms with Crippen molar-refractivity contribution in [3.05, 3.63) is 41.2 Å². The van der Waals surface area contributed by atoms with Gasteiger partial charge in [-0.25, -0.2) is 4.98 Å². The number of nitrogens with zero attached hydrogens (tertiary/aromatic N) is 2. The van der Waals surface area contributed by atoms with E-state index in [0.717, 1.165) is 10.4 Å². The molecule has 0 bridgehead atoms. The van der Waals surface area contributed by atoms with E-state index in [1.165, 1.54) is 18.3 Å². The lowest BCUT2D eigenvalue weighted by Crippen LogP contribution is -2.04. The predicted octanol–water partition coefficient (Wildman–Crippen LogP) is 2.67. The number of pyridine rings is 1. The van der Waals surface area contributed by atoms with Crippen molar-refractivity contribution in [2.24, 2.45) is 0 Å². The molecular formula is C12H11N3OS. The summed E-state index contributed by atoms with van der Waals surface area (Å²) in [7, 11) is 0. The highest BCUT2D eigenvalue weighted by Crippen LogP contribution is 2.20. The first kappa shape index (κ1) is 11.5. The van der Waals surface area contributed by atoms with Crippen molar-refractivity contribution in [3.8, 4) is 0 Å². The first-order valence-electron chi connectivity index (χ1n) is 5.05. The van der Waals surface area contributed by atoms with Gasteiger partial charge in [0, 0.05) is 30.4 Å². The van der Waals surface area contributed by atoms with Gasteiger partial charge in [0.15, 0.2) is 5.13 Å². The van der Waals surface area contributed by atoms with E-state index in [0.29, 0.717) is 5.13 Å². The highest BCUT2D eigenvalue weighted by molar-refractivity contribution is 7.16. The van der Waals surface area contributed by atoms with Crippen LogP contribution in [0.3, 0.4) is 0 Å². The fourth-order valence-electron chi connectivity index (χ4n) is 1.22. The monoisotopic (exact) mass is 245 g/mol. The Labute approximate surface area is 103 Å². The Morgan fingerprint density at radius 1 is 1.41 bits per heavy atom. The molecule has 0 saturated carbocycles. The molecule has 0 radical (unpaired) electrons. The molecule has 2 aromatic heterocycles. The van der Waals surface area contributed by atoms with Crippen molar-refractivity contribution in [2.45, 2.75) is 6.92 Å². The summed E-state index contributed by atoms with van der Waals surface area (Å²) < 4.78 is 0. The normalized spacial score (nSPS) is 10.6. The molecule has 1 amide bonds. The minimum Gasteiger partial charge on any atom is -0.302 e. The molecule has 0 fully saturated rings. The minimum atomic E-state index is -0.109. The molecule has 0 aromatic carbocycles. The molecule has 0 aliphatic heterocycles. The van der Waals surface area contributed by atoms with Crippen LogP contribution in [0.15, 0.2) is 30.7 Å². The summed E-state index contributed by atoms with van der Waals surface area (Å²) in [5.41, 5.74) is 1.03. The molecular weight excluding hydrogens is 234 g/mol. The second-order valence-electron chi connectivity index (χ2n) is 3.37. The molecule has 2 heterocycles. The molecule has 0 saturated heterocycles. The topological polar surface area (TPSA) is 54.9 Å². The van der Waals surface area contributed by atoms with Crippen LogP contribution >= 0.6 is 11.3 Å². The lowest BCUT2D eigenvalue weighted by molar-refractivity contribution is -0.114. The van der Waals surface area contributed by atoms with Gasteiger partial charge >= 0.3 is 0 Å². The lowest BCUT2D eigenvalue weighted by Gasteiger charge is -1.92. The Hall–Kier alpha value is -2.01. The first-order chi connectivity index (χ1) is 8.24. The van der Waals surface area contributed by atoms with E-state index in [4.69, 9.17) is 0 Å². The Morgan fingerprint density at radius 2 is 2.29 bits per heavy atom. The van der Waals surface area contributed by atoms with Gasteiger partial charge in [-0.1, -0.05) is 23.5 Å². The predicted molar refractivity (Wildman–Crippen MR) is 69.6 cm³/mol. The molecule has 0 aliphatic carbocycles. The van der Waals surface area contributed by atoms with E-state index in [1.807, 2.05) is 24.3 Å². The molecule has 1 N–H and O–H groups in total. The maximum atomic E-state index is 10.8. The smallest absolute Gasteiger partial charge is 0.223 e. The van der Waals surface area contributed by atoms with Crippen LogP contribution < -0.4 is 5.32 Å². The fraction of sp³-hybridized carbons (Fsp3) is 0.0833. The summed E-state index contributed by atoms with van der Waals surface area (Å²) in [4.78, 5) is 19.9. The van der Waals surface area contributed by atoms with Crippen LogP contribution in [0.5, 0.6) is 0 Å². The number of carbonyl (C=O) groups excluding carboxylic acids is 1. The van der Waals surface area contributed by atoms with Crippen LogP contribution in [0.2, 0.25) is 0 Å². The Morgan fingerprint density at radius 3 is 3.00 bits per heavy atom. The zero-order valence-corrected chi connectivity index (χ0v) is 10.1. The van der Waals surface area contributed by atoms with E-state index < -0.39 is 0 Å². The molecule has 4 nitrogen and oxygen atoms in total. The number of hydrogen-bond acceptors (Lipinski definition) is 4. The average molecular weight is 245 g/mol. The zero-order valence-electron chi connectivity index (χ0n) is 9.25. The molecule has 0 aliphatic rings. The number of carbonyl (C=O) groups is 1. The van der Waals surface area contributed by atoms with Crippen LogP contribution in [0.25, 0.3) is 12.2 Å². The van der Waals surface area contributed by atoms with Crippen molar-refractivity contribution in [3.63, 3.8) is 0 Å². The fourth-order valence-corrected chi connectivity index (χ4v) is 1.99. The molecule has 17 heavy (non-hydrogen) atoms. The van der Waals surface area contributed by atoms with E-state index >= 15 is 0 Å². The number of hydrogen-bond donors (Lipinski definition) is 1. The summed E-state index contributed by atoms with van der Waals surface area (Å²) in [6, 6.07) is 3.86. The summed E-state index contributed by atoms with van der Waals surface area (Å²) >= 11 is 1.43. The number of thiazole rings is 1. The van der Waals surface area contributed by atoms with Crippen LogP contribution in [0, 0.1) is 0 Å². The van der Waals surface area contributed by atoms with Gasteiger partial charge in [0.1, 0.15) is 0 Å². The number of amides is 1. The Kier molecular flexibility index (Phi) is 3.62. The number of rotatable bonds is 3. The van der Waals surface area contributed by atoms with Crippen molar-refractivity contribution in [2.75, 3.05) is 5.32 Å². The van der Waals surface area contributed by atoms with Crippen LogP contribution in [0.1, 0.15) is 17.4 Å². The van der Waals surface area contributed by atoms with Gasteiger partial charge in [-0.05, 0) is 17.7 Å².